The molecule has 0 heterocycles. The quantitative estimate of drug-likeness (QED) is 0.504. The van der Waals surface area contributed by atoms with E-state index in [-0.39, 0.29) is 18.9 Å². The predicted octanol–water partition coefficient (Wildman–Crippen LogP) is 2.80. The molecule has 5 heteroatoms. The minimum absolute atomic E-state index is 0.0241. The second-order valence-electron chi connectivity index (χ2n) is 5.14. The van der Waals surface area contributed by atoms with Crippen LogP contribution in [0.3, 0.4) is 0 Å². The number of aliphatic hydroxyl groups is 1. The SMILES string of the molecule is CC(=O)c1ccc(C#Cc2ccc(OC(CO)CN=O)cc2)cc1. The van der Waals surface area contributed by atoms with E-state index in [4.69, 9.17) is 9.84 Å². The van der Waals surface area contributed by atoms with Crippen molar-refractivity contribution in [1.29, 1.82) is 0 Å². The van der Waals surface area contributed by atoms with E-state index in [2.05, 4.69) is 17.0 Å². The summed E-state index contributed by atoms with van der Waals surface area (Å²) in [5.41, 5.74) is 2.27. The fourth-order valence-corrected chi connectivity index (χ4v) is 1.96. The van der Waals surface area contributed by atoms with Gasteiger partial charge in [-0.1, -0.05) is 29.2 Å². The Morgan fingerprint density at radius 2 is 1.62 bits per heavy atom. The predicted molar refractivity (Wildman–Crippen MR) is 91.0 cm³/mol. The number of benzene rings is 2. The number of hydrogen-bond donors (Lipinski definition) is 1. The van der Waals surface area contributed by atoms with E-state index in [9.17, 15) is 9.70 Å². The van der Waals surface area contributed by atoms with E-state index in [1.54, 1.807) is 48.5 Å². The third kappa shape index (κ3) is 5.04. The smallest absolute Gasteiger partial charge is 0.159 e. The first kappa shape index (κ1) is 17.4. The Kier molecular flexibility index (Phi) is 6.23. The topological polar surface area (TPSA) is 76.0 Å². The van der Waals surface area contributed by atoms with Gasteiger partial charge in [0, 0.05) is 16.7 Å². The standard InChI is InChI=1S/C19H17NO4/c1-14(22)17-8-4-15(5-9-17)2-3-16-6-10-18(11-7-16)24-19(13-21)12-20-23/h4-11,19,21H,12-13H2,1H3. The molecule has 2 aromatic carbocycles. The van der Waals surface area contributed by atoms with Gasteiger partial charge in [0.2, 0.25) is 0 Å². The Hall–Kier alpha value is -2.97. The highest BCUT2D eigenvalue weighted by Crippen LogP contribution is 2.14. The van der Waals surface area contributed by atoms with Gasteiger partial charge in [0.05, 0.1) is 6.61 Å². The maximum atomic E-state index is 11.2. The summed E-state index contributed by atoms with van der Waals surface area (Å²) in [6.45, 7) is 1.15. The van der Waals surface area contributed by atoms with Gasteiger partial charge in [0.1, 0.15) is 18.4 Å². The molecule has 0 aliphatic rings. The monoisotopic (exact) mass is 323 g/mol. The van der Waals surface area contributed by atoms with Gasteiger partial charge in [-0.25, -0.2) is 0 Å². The molecule has 2 aromatic rings. The summed E-state index contributed by atoms with van der Waals surface area (Å²) in [5, 5.41) is 11.8. The summed E-state index contributed by atoms with van der Waals surface area (Å²) in [5.74, 6) is 6.60. The number of carbonyl (C=O) groups is 1. The zero-order valence-electron chi connectivity index (χ0n) is 13.2. The minimum atomic E-state index is -0.640. The maximum Gasteiger partial charge on any atom is 0.159 e. The van der Waals surface area contributed by atoms with Crippen LogP contribution in [0.15, 0.2) is 53.7 Å². The summed E-state index contributed by atoms with van der Waals surface area (Å²) in [7, 11) is 0. The van der Waals surface area contributed by atoms with E-state index in [1.807, 2.05) is 0 Å². The highest BCUT2D eigenvalue weighted by Gasteiger charge is 2.08. The molecule has 5 nitrogen and oxygen atoms in total. The second kappa shape index (κ2) is 8.61. The number of Topliss-reactive ketones (excluding diaryl/α,β-unsaturated/α-hetero) is 1. The van der Waals surface area contributed by atoms with E-state index >= 15 is 0 Å². The summed E-state index contributed by atoms with van der Waals surface area (Å²) < 4.78 is 5.43. The molecule has 0 saturated heterocycles. The average Bonchev–Trinajstić information content (AvgIpc) is 2.61. The summed E-state index contributed by atoms with van der Waals surface area (Å²) in [6, 6.07) is 14.1. The molecule has 0 aliphatic carbocycles. The van der Waals surface area contributed by atoms with Crippen LogP contribution in [0, 0.1) is 16.7 Å². The van der Waals surface area contributed by atoms with E-state index in [1.165, 1.54) is 6.92 Å². The highest BCUT2D eigenvalue weighted by molar-refractivity contribution is 5.94. The van der Waals surface area contributed by atoms with E-state index in [0.717, 1.165) is 11.1 Å². The molecule has 1 unspecified atom stereocenters. The van der Waals surface area contributed by atoms with Crippen LogP contribution in [0.2, 0.25) is 0 Å². The number of hydrogen-bond acceptors (Lipinski definition) is 5. The van der Waals surface area contributed by atoms with Gasteiger partial charge < -0.3 is 9.84 Å². The van der Waals surface area contributed by atoms with Gasteiger partial charge in [-0.15, -0.1) is 0 Å². The van der Waals surface area contributed by atoms with Gasteiger partial charge in [0.15, 0.2) is 5.78 Å². The van der Waals surface area contributed by atoms with Crippen molar-refractivity contribution in [2.75, 3.05) is 13.2 Å². The Bertz CT molecular complexity index is 755. The molecule has 1 N–H and O–H groups in total. The van der Waals surface area contributed by atoms with Crippen LogP contribution in [-0.4, -0.2) is 30.1 Å². The number of aliphatic hydroxyl groups excluding tert-OH is 1. The molecule has 122 valence electrons. The zero-order chi connectivity index (χ0) is 17.4. The molecule has 0 aromatic heterocycles. The minimum Gasteiger partial charge on any atom is -0.486 e. The van der Waals surface area contributed by atoms with E-state index < -0.39 is 6.10 Å². The number of nitroso groups, excluding NO2 is 1. The molecule has 0 bridgehead atoms. The zero-order valence-corrected chi connectivity index (χ0v) is 13.2. The lowest BCUT2D eigenvalue weighted by Crippen LogP contribution is -2.24. The number of ether oxygens (including phenoxy) is 1. The fraction of sp³-hybridized carbons (Fsp3) is 0.211. The van der Waals surface area contributed by atoms with Crippen molar-refractivity contribution in [3.05, 3.63) is 70.1 Å². The Labute approximate surface area is 140 Å². The lowest BCUT2D eigenvalue weighted by Gasteiger charge is -2.13. The second-order valence-corrected chi connectivity index (χ2v) is 5.14. The Morgan fingerprint density at radius 3 is 2.08 bits per heavy atom. The Morgan fingerprint density at radius 1 is 1.08 bits per heavy atom. The summed E-state index contributed by atoms with van der Waals surface area (Å²) in [4.78, 5) is 21.4. The van der Waals surface area contributed by atoms with Crippen molar-refractivity contribution in [2.45, 2.75) is 13.0 Å². The third-order valence-electron chi connectivity index (χ3n) is 3.28. The van der Waals surface area contributed by atoms with Crippen LogP contribution in [0.1, 0.15) is 28.4 Å². The molecule has 0 fully saturated rings. The van der Waals surface area contributed by atoms with Gasteiger partial charge in [-0.05, 0) is 43.3 Å². The number of carbonyl (C=O) groups excluding carboxylic acids is 1. The molecular formula is C19H17NO4. The molecule has 24 heavy (non-hydrogen) atoms. The van der Waals surface area contributed by atoms with Gasteiger partial charge in [0.25, 0.3) is 0 Å². The molecule has 0 saturated carbocycles. The molecule has 0 spiro atoms. The van der Waals surface area contributed by atoms with Crippen molar-refractivity contribution < 1.29 is 14.6 Å². The third-order valence-corrected chi connectivity index (χ3v) is 3.28. The van der Waals surface area contributed by atoms with E-state index in [0.29, 0.717) is 11.3 Å². The molecular weight excluding hydrogens is 306 g/mol. The molecule has 0 radical (unpaired) electrons. The average molecular weight is 323 g/mol. The van der Waals surface area contributed by atoms with Crippen molar-refractivity contribution >= 4 is 5.78 Å². The van der Waals surface area contributed by atoms with Crippen molar-refractivity contribution in [1.82, 2.24) is 0 Å². The normalized spacial score (nSPS) is 11.1. The van der Waals surface area contributed by atoms with Crippen LogP contribution in [0.4, 0.5) is 0 Å². The van der Waals surface area contributed by atoms with Crippen LogP contribution in [-0.2, 0) is 0 Å². The van der Waals surface area contributed by atoms with Crippen molar-refractivity contribution in [2.24, 2.45) is 5.18 Å². The van der Waals surface area contributed by atoms with Crippen molar-refractivity contribution in [3.63, 3.8) is 0 Å². The molecule has 0 amide bonds. The number of ketones is 1. The summed E-state index contributed by atoms with van der Waals surface area (Å²) >= 11 is 0. The molecule has 2 rings (SSSR count). The van der Waals surface area contributed by atoms with Gasteiger partial charge >= 0.3 is 0 Å². The first-order chi connectivity index (χ1) is 11.6. The summed E-state index contributed by atoms with van der Waals surface area (Å²) in [6.07, 6.45) is -0.640. The van der Waals surface area contributed by atoms with Crippen LogP contribution in [0.5, 0.6) is 5.75 Å². The number of nitrogens with zero attached hydrogens (tertiary/aromatic N) is 1. The first-order valence-corrected chi connectivity index (χ1v) is 7.42. The highest BCUT2D eigenvalue weighted by atomic mass is 16.5. The van der Waals surface area contributed by atoms with Crippen molar-refractivity contribution in [3.8, 4) is 17.6 Å². The van der Waals surface area contributed by atoms with Crippen LogP contribution < -0.4 is 4.74 Å². The van der Waals surface area contributed by atoms with Gasteiger partial charge in [-0.2, -0.15) is 4.91 Å². The molecule has 1 atom stereocenters. The maximum absolute atomic E-state index is 11.2. The van der Waals surface area contributed by atoms with Crippen LogP contribution in [0.25, 0.3) is 0 Å². The lowest BCUT2D eigenvalue weighted by atomic mass is 10.1. The Balaban J connectivity index is 2.04. The fourth-order valence-electron chi connectivity index (χ4n) is 1.96. The van der Waals surface area contributed by atoms with Crippen LogP contribution >= 0.6 is 0 Å². The first-order valence-electron chi connectivity index (χ1n) is 7.42. The lowest BCUT2D eigenvalue weighted by molar-refractivity contribution is 0.101. The molecule has 0 aliphatic heterocycles. The van der Waals surface area contributed by atoms with Gasteiger partial charge in [-0.3, -0.25) is 4.79 Å². The largest absolute Gasteiger partial charge is 0.486 e. The number of rotatable bonds is 6.